The molecule has 3 heteroatoms. The van der Waals surface area contributed by atoms with Gasteiger partial charge in [-0.05, 0) is 43.9 Å². The summed E-state index contributed by atoms with van der Waals surface area (Å²) in [7, 11) is 0. The van der Waals surface area contributed by atoms with Gasteiger partial charge in [-0.15, -0.1) is 0 Å². The van der Waals surface area contributed by atoms with Crippen LogP contribution in [0.15, 0.2) is 18.3 Å². The molecule has 0 aliphatic carbocycles. The lowest BCUT2D eigenvalue weighted by Gasteiger charge is -2.29. The molecule has 1 fully saturated rings. The monoisotopic (exact) mass is 219 g/mol. The molecule has 0 aromatic carbocycles. The maximum atomic E-state index is 5.91. The van der Waals surface area contributed by atoms with E-state index in [1.165, 1.54) is 31.2 Å². The zero-order valence-corrected chi connectivity index (χ0v) is 10.00. The first-order chi connectivity index (χ1) is 7.76. The van der Waals surface area contributed by atoms with Gasteiger partial charge in [0.05, 0.1) is 0 Å². The molecule has 16 heavy (non-hydrogen) atoms. The number of nitrogens with one attached hydrogen (secondary N) is 1. The zero-order chi connectivity index (χ0) is 11.4. The fourth-order valence-corrected chi connectivity index (χ4v) is 2.76. The van der Waals surface area contributed by atoms with Gasteiger partial charge in [0.1, 0.15) is 5.82 Å². The summed E-state index contributed by atoms with van der Waals surface area (Å²) >= 11 is 0. The minimum Gasteiger partial charge on any atom is -0.383 e. The lowest BCUT2D eigenvalue weighted by Crippen LogP contribution is -2.41. The maximum Gasteiger partial charge on any atom is 0.126 e. The van der Waals surface area contributed by atoms with Crippen molar-refractivity contribution < 1.29 is 0 Å². The second-order valence-corrected chi connectivity index (χ2v) is 4.79. The van der Waals surface area contributed by atoms with E-state index in [1.54, 1.807) is 6.20 Å². The number of hydrogen-bond acceptors (Lipinski definition) is 3. The van der Waals surface area contributed by atoms with Crippen LogP contribution in [-0.4, -0.2) is 17.1 Å². The van der Waals surface area contributed by atoms with E-state index in [9.17, 15) is 0 Å². The number of pyridine rings is 1. The summed E-state index contributed by atoms with van der Waals surface area (Å²) < 4.78 is 0. The molecular formula is C13H21N3. The highest BCUT2D eigenvalue weighted by atomic mass is 15.0. The average molecular weight is 219 g/mol. The van der Waals surface area contributed by atoms with E-state index in [-0.39, 0.29) is 5.54 Å². The Hall–Kier alpha value is -1.09. The van der Waals surface area contributed by atoms with Crippen LogP contribution in [0.1, 0.15) is 38.2 Å². The fraction of sp³-hybridized carbons (Fsp3) is 0.615. The molecule has 0 spiro atoms. The normalized spacial score (nSPS) is 24.8. The predicted molar refractivity (Wildman–Crippen MR) is 67.2 cm³/mol. The maximum absolute atomic E-state index is 5.91. The molecular weight excluding hydrogens is 198 g/mol. The molecule has 1 aliphatic heterocycles. The number of hydrogen-bond donors (Lipinski definition) is 2. The van der Waals surface area contributed by atoms with Crippen LogP contribution < -0.4 is 11.1 Å². The van der Waals surface area contributed by atoms with Gasteiger partial charge in [0.25, 0.3) is 0 Å². The molecule has 2 rings (SSSR count). The molecule has 1 aromatic rings. The van der Waals surface area contributed by atoms with Crippen LogP contribution >= 0.6 is 0 Å². The summed E-state index contributed by atoms with van der Waals surface area (Å²) in [5.41, 5.74) is 7.37. The van der Waals surface area contributed by atoms with Gasteiger partial charge in [0, 0.05) is 11.7 Å². The minimum atomic E-state index is 0.270. The second kappa shape index (κ2) is 4.83. The average Bonchev–Trinajstić information content (AvgIpc) is 2.71. The van der Waals surface area contributed by atoms with Gasteiger partial charge in [0.2, 0.25) is 0 Å². The molecule has 3 N–H and O–H groups in total. The molecule has 1 aromatic heterocycles. The Morgan fingerprint density at radius 3 is 3.06 bits per heavy atom. The summed E-state index contributed by atoms with van der Waals surface area (Å²) in [6.45, 7) is 3.38. The van der Waals surface area contributed by atoms with E-state index in [4.69, 9.17) is 5.73 Å². The van der Waals surface area contributed by atoms with Gasteiger partial charge >= 0.3 is 0 Å². The van der Waals surface area contributed by atoms with Crippen LogP contribution in [0, 0.1) is 0 Å². The quantitative estimate of drug-likeness (QED) is 0.815. The van der Waals surface area contributed by atoms with Crippen molar-refractivity contribution in [2.75, 3.05) is 12.3 Å². The number of aromatic nitrogens is 1. The number of nitrogens with two attached hydrogens (primary N) is 1. The molecule has 1 saturated heterocycles. The highest BCUT2D eigenvalue weighted by molar-refractivity contribution is 5.39. The summed E-state index contributed by atoms with van der Waals surface area (Å²) in [6.07, 6.45) is 7.75. The van der Waals surface area contributed by atoms with E-state index in [2.05, 4.69) is 23.3 Å². The highest BCUT2D eigenvalue weighted by Gasteiger charge is 2.32. The van der Waals surface area contributed by atoms with E-state index >= 15 is 0 Å². The van der Waals surface area contributed by atoms with E-state index in [0.29, 0.717) is 5.82 Å². The third-order valence-corrected chi connectivity index (χ3v) is 3.52. The Labute approximate surface area is 97.5 Å². The SMILES string of the molecule is CCCC1(Cc2cccnc2N)CCCN1. The molecule has 3 nitrogen and oxygen atoms in total. The minimum absolute atomic E-state index is 0.270. The van der Waals surface area contributed by atoms with Gasteiger partial charge in [0.15, 0.2) is 0 Å². The van der Waals surface area contributed by atoms with Crippen molar-refractivity contribution >= 4 is 5.82 Å². The lowest BCUT2D eigenvalue weighted by atomic mass is 9.85. The third kappa shape index (κ3) is 2.35. The van der Waals surface area contributed by atoms with Crippen molar-refractivity contribution in [2.24, 2.45) is 0 Å². The third-order valence-electron chi connectivity index (χ3n) is 3.52. The van der Waals surface area contributed by atoms with E-state index < -0.39 is 0 Å². The second-order valence-electron chi connectivity index (χ2n) is 4.79. The Kier molecular flexibility index (Phi) is 3.44. The van der Waals surface area contributed by atoms with Crippen LogP contribution in [0.25, 0.3) is 0 Å². The molecule has 0 amide bonds. The Morgan fingerprint density at radius 1 is 1.56 bits per heavy atom. The molecule has 1 aliphatic rings. The first-order valence-electron chi connectivity index (χ1n) is 6.20. The summed E-state index contributed by atoms with van der Waals surface area (Å²) in [4.78, 5) is 4.16. The molecule has 88 valence electrons. The lowest BCUT2D eigenvalue weighted by molar-refractivity contribution is 0.342. The largest absolute Gasteiger partial charge is 0.383 e. The van der Waals surface area contributed by atoms with Crippen LogP contribution in [0.4, 0.5) is 5.82 Å². The van der Waals surface area contributed by atoms with Gasteiger partial charge < -0.3 is 11.1 Å². The highest BCUT2D eigenvalue weighted by Crippen LogP contribution is 2.29. The number of rotatable bonds is 4. The topological polar surface area (TPSA) is 50.9 Å². The van der Waals surface area contributed by atoms with Gasteiger partial charge in [-0.3, -0.25) is 0 Å². The van der Waals surface area contributed by atoms with Gasteiger partial charge in [-0.1, -0.05) is 19.4 Å². The van der Waals surface area contributed by atoms with Crippen molar-refractivity contribution in [1.29, 1.82) is 0 Å². The molecule has 2 heterocycles. The Balaban J connectivity index is 2.14. The first kappa shape index (κ1) is 11.4. The Bertz CT molecular complexity index is 343. The van der Waals surface area contributed by atoms with Crippen molar-refractivity contribution in [3.63, 3.8) is 0 Å². The van der Waals surface area contributed by atoms with Crippen LogP contribution in [0.3, 0.4) is 0 Å². The standard InChI is InChI=1S/C13H21N3/c1-2-6-13(7-4-9-16-13)10-11-5-3-8-15-12(11)14/h3,5,8,16H,2,4,6-7,9-10H2,1H3,(H2,14,15). The van der Waals surface area contributed by atoms with Crippen molar-refractivity contribution in [1.82, 2.24) is 10.3 Å². The summed E-state index contributed by atoms with van der Waals surface area (Å²) in [5, 5.41) is 3.66. The number of anilines is 1. The van der Waals surface area contributed by atoms with E-state index in [0.717, 1.165) is 13.0 Å². The van der Waals surface area contributed by atoms with Gasteiger partial charge in [-0.2, -0.15) is 0 Å². The summed E-state index contributed by atoms with van der Waals surface area (Å²) in [5.74, 6) is 0.687. The molecule has 0 radical (unpaired) electrons. The van der Waals surface area contributed by atoms with Crippen LogP contribution in [0.5, 0.6) is 0 Å². The molecule has 0 bridgehead atoms. The van der Waals surface area contributed by atoms with Crippen molar-refractivity contribution in [3.8, 4) is 0 Å². The summed E-state index contributed by atoms with van der Waals surface area (Å²) in [6, 6.07) is 4.07. The van der Waals surface area contributed by atoms with Crippen LogP contribution in [0.2, 0.25) is 0 Å². The number of nitrogens with zero attached hydrogens (tertiary/aromatic N) is 1. The van der Waals surface area contributed by atoms with Gasteiger partial charge in [-0.25, -0.2) is 4.98 Å². The van der Waals surface area contributed by atoms with Crippen molar-refractivity contribution in [2.45, 2.75) is 44.6 Å². The molecule has 0 saturated carbocycles. The first-order valence-corrected chi connectivity index (χ1v) is 6.20. The molecule has 1 unspecified atom stereocenters. The predicted octanol–water partition coefficient (Wildman–Crippen LogP) is 2.13. The zero-order valence-electron chi connectivity index (χ0n) is 10.00. The molecule has 1 atom stereocenters. The van der Waals surface area contributed by atoms with E-state index in [1.807, 2.05) is 6.07 Å². The Morgan fingerprint density at radius 2 is 2.44 bits per heavy atom. The number of nitrogen functional groups attached to an aromatic ring is 1. The fourth-order valence-electron chi connectivity index (χ4n) is 2.76. The smallest absolute Gasteiger partial charge is 0.126 e. The van der Waals surface area contributed by atoms with Crippen molar-refractivity contribution in [3.05, 3.63) is 23.9 Å². The van der Waals surface area contributed by atoms with Crippen LogP contribution in [-0.2, 0) is 6.42 Å².